The van der Waals surface area contributed by atoms with Crippen molar-refractivity contribution >= 4 is 5.78 Å². The summed E-state index contributed by atoms with van der Waals surface area (Å²) in [6.07, 6.45) is 4.75. The van der Waals surface area contributed by atoms with Gasteiger partial charge < -0.3 is 15.3 Å². The summed E-state index contributed by atoms with van der Waals surface area (Å²) in [6.45, 7) is 2.11. The predicted octanol–water partition coefficient (Wildman–Crippen LogP) is 1.82. The molecule has 26 heavy (non-hydrogen) atoms. The minimum absolute atomic E-state index is 0.0146. The van der Waals surface area contributed by atoms with Crippen molar-refractivity contribution in [2.24, 2.45) is 11.8 Å². The second-order valence-electron chi connectivity index (χ2n) is 9.52. The standard InChI is InChI=1S/C21H25NO4/c23-14-5-4-12-17(18(14)26)20-7-16(25)15(24)6-13(20)19-21(12,9-20)10-22(19)8-11-2-1-3-11/h4-5,11,13,15,19,23-24,26H,1-3,6-10H2/t13?,15?,19?,20-,21?/m0/s1. The minimum atomic E-state index is -0.879. The Morgan fingerprint density at radius 1 is 1.19 bits per heavy atom. The molecule has 1 saturated heterocycles. The van der Waals surface area contributed by atoms with Gasteiger partial charge in [-0.2, -0.15) is 0 Å². The molecular formula is C21H25NO4. The number of phenolic OH excluding ortho intramolecular Hbond substituents is 2. The Hall–Kier alpha value is -1.59. The zero-order chi connectivity index (χ0) is 17.8. The molecule has 5 aliphatic rings. The fourth-order valence-electron chi connectivity index (χ4n) is 7.32. The summed E-state index contributed by atoms with van der Waals surface area (Å²) in [5.41, 5.74) is 1.53. The van der Waals surface area contributed by atoms with Crippen LogP contribution in [0.25, 0.3) is 0 Å². The first-order valence-corrected chi connectivity index (χ1v) is 9.97. The summed E-state index contributed by atoms with van der Waals surface area (Å²) >= 11 is 0. The molecule has 0 amide bonds. The van der Waals surface area contributed by atoms with Crippen LogP contribution < -0.4 is 0 Å². The first kappa shape index (κ1) is 15.5. The van der Waals surface area contributed by atoms with E-state index in [0.29, 0.717) is 18.9 Å². The number of aliphatic hydroxyl groups is 1. The first-order valence-electron chi connectivity index (χ1n) is 9.97. The van der Waals surface area contributed by atoms with Crippen LogP contribution in [0.1, 0.15) is 49.7 Å². The normalized spacial score (nSPS) is 43.4. The van der Waals surface area contributed by atoms with Gasteiger partial charge in [0.15, 0.2) is 17.3 Å². The molecule has 3 saturated carbocycles. The van der Waals surface area contributed by atoms with Crippen LogP contribution in [0.3, 0.4) is 0 Å². The lowest BCUT2D eigenvalue weighted by Gasteiger charge is -2.60. The van der Waals surface area contributed by atoms with Crippen molar-refractivity contribution in [3.05, 3.63) is 23.3 Å². The van der Waals surface area contributed by atoms with Crippen LogP contribution in [0.4, 0.5) is 0 Å². The third-order valence-corrected chi connectivity index (χ3v) is 8.41. The fraction of sp³-hybridized carbons (Fsp3) is 0.667. The molecule has 1 aromatic rings. The highest BCUT2D eigenvalue weighted by atomic mass is 16.3. The molecule has 1 aromatic carbocycles. The van der Waals surface area contributed by atoms with Gasteiger partial charge in [0.05, 0.1) is 0 Å². The average molecular weight is 355 g/mol. The smallest absolute Gasteiger partial charge is 0.162 e. The van der Waals surface area contributed by atoms with E-state index in [1.807, 2.05) is 6.07 Å². The van der Waals surface area contributed by atoms with Gasteiger partial charge in [-0.15, -0.1) is 0 Å². The number of hydrogen-bond acceptors (Lipinski definition) is 5. The van der Waals surface area contributed by atoms with Crippen LogP contribution in [0.2, 0.25) is 0 Å². The molecule has 3 N–H and O–H groups in total. The van der Waals surface area contributed by atoms with E-state index in [1.165, 1.54) is 19.3 Å². The number of aromatic hydroxyl groups is 2. The highest BCUT2D eigenvalue weighted by molar-refractivity contribution is 5.87. The van der Waals surface area contributed by atoms with E-state index in [2.05, 4.69) is 4.90 Å². The maximum Gasteiger partial charge on any atom is 0.162 e. The van der Waals surface area contributed by atoms with E-state index in [1.54, 1.807) is 6.07 Å². The monoisotopic (exact) mass is 355 g/mol. The largest absolute Gasteiger partial charge is 0.504 e. The van der Waals surface area contributed by atoms with Crippen LogP contribution >= 0.6 is 0 Å². The highest BCUT2D eigenvalue weighted by Gasteiger charge is 2.76. The number of likely N-dealkylation sites (tertiary alicyclic amines) is 1. The quantitative estimate of drug-likeness (QED) is 0.705. The molecule has 0 aromatic heterocycles. The van der Waals surface area contributed by atoms with Crippen LogP contribution in [-0.2, 0) is 15.6 Å². The second kappa shape index (κ2) is 4.63. The number of fused-ring (bicyclic) bond motifs is 2. The van der Waals surface area contributed by atoms with Crippen molar-refractivity contribution in [1.29, 1.82) is 0 Å². The molecule has 4 aliphatic carbocycles. The average Bonchev–Trinajstić information content (AvgIpc) is 2.94. The molecule has 1 aliphatic heterocycles. The number of aliphatic hydroxyl groups excluding tert-OH is 1. The van der Waals surface area contributed by atoms with Gasteiger partial charge in [-0.3, -0.25) is 9.69 Å². The van der Waals surface area contributed by atoms with E-state index in [-0.39, 0.29) is 28.6 Å². The molecule has 2 bridgehead atoms. The van der Waals surface area contributed by atoms with Crippen LogP contribution in [0.15, 0.2) is 12.1 Å². The lowest BCUT2D eigenvalue weighted by Crippen LogP contribution is -2.69. The SMILES string of the molecule is O=C1C[C@]23CC4(CN(CC5CCC5)C4C2CC1O)c1ccc(O)c(O)c13. The summed E-state index contributed by atoms with van der Waals surface area (Å²) in [5.74, 6) is 0.736. The molecule has 138 valence electrons. The topological polar surface area (TPSA) is 81.0 Å². The Morgan fingerprint density at radius 2 is 2.00 bits per heavy atom. The number of benzene rings is 1. The van der Waals surface area contributed by atoms with E-state index in [4.69, 9.17) is 0 Å². The Labute approximate surface area is 152 Å². The van der Waals surface area contributed by atoms with E-state index >= 15 is 0 Å². The fourth-order valence-corrected chi connectivity index (χ4v) is 7.32. The number of carbonyl (C=O) groups excluding carboxylic acids is 1. The summed E-state index contributed by atoms with van der Waals surface area (Å²) in [6, 6.07) is 3.93. The molecule has 0 radical (unpaired) electrons. The summed E-state index contributed by atoms with van der Waals surface area (Å²) < 4.78 is 0. The number of carbonyl (C=O) groups is 1. The van der Waals surface area contributed by atoms with Gasteiger partial charge in [0, 0.05) is 41.9 Å². The van der Waals surface area contributed by atoms with Crippen LogP contribution in [0, 0.1) is 11.8 Å². The molecular weight excluding hydrogens is 330 g/mol. The summed E-state index contributed by atoms with van der Waals surface area (Å²) in [5, 5.41) is 31.1. The first-order chi connectivity index (χ1) is 12.5. The van der Waals surface area contributed by atoms with Crippen molar-refractivity contribution in [2.45, 2.75) is 61.5 Å². The van der Waals surface area contributed by atoms with Gasteiger partial charge in [0.1, 0.15) is 6.10 Å². The van der Waals surface area contributed by atoms with Crippen molar-refractivity contribution in [3.63, 3.8) is 0 Å². The van der Waals surface area contributed by atoms with E-state index in [9.17, 15) is 20.1 Å². The molecule has 4 unspecified atom stereocenters. The van der Waals surface area contributed by atoms with Crippen LogP contribution in [-0.4, -0.2) is 51.2 Å². The van der Waals surface area contributed by atoms with Crippen molar-refractivity contribution in [3.8, 4) is 11.5 Å². The van der Waals surface area contributed by atoms with E-state index < -0.39 is 11.5 Å². The van der Waals surface area contributed by atoms with E-state index in [0.717, 1.165) is 36.6 Å². The molecule has 5 atom stereocenters. The van der Waals surface area contributed by atoms with Gasteiger partial charge in [-0.05, 0) is 49.1 Å². The lowest BCUT2D eigenvalue weighted by molar-refractivity contribution is -0.135. The van der Waals surface area contributed by atoms with Gasteiger partial charge >= 0.3 is 0 Å². The Kier molecular flexibility index (Phi) is 2.75. The van der Waals surface area contributed by atoms with Crippen molar-refractivity contribution in [2.75, 3.05) is 13.1 Å². The number of nitrogens with zero attached hydrogens (tertiary/aromatic N) is 1. The number of Topliss-reactive ketones (excluding diaryl/α,β-unsaturated/α-hetero) is 1. The third kappa shape index (κ3) is 1.55. The van der Waals surface area contributed by atoms with Gasteiger partial charge in [-0.1, -0.05) is 12.5 Å². The Balaban J connectivity index is 1.49. The molecule has 5 heteroatoms. The zero-order valence-corrected chi connectivity index (χ0v) is 14.8. The maximum absolute atomic E-state index is 12.5. The number of rotatable bonds is 2. The number of ketones is 1. The Bertz CT molecular complexity index is 834. The highest BCUT2D eigenvalue weighted by Crippen LogP contribution is 2.73. The zero-order valence-electron chi connectivity index (χ0n) is 14.8. The summed E-state index contributed by atoms with van der Waals surface area (Å²) in [7, 11) is 0. The molecule has 6 rings (SSSR count). The molecule has 2 spiro atoms. The van der Waals surface area contributed by atoms with Crippen molar-refractivity contribution in [1.82, 2.24) is 4.90 Å². The number of hydrogen-bond donors (Lipinski definition) is 3. The summed E-state index contributed by atoms with van der Waals surface area (Å²) in [4.78, 5) is 15.1. The Morgan fingerprint density at radius 3 is 2.73 bits per heavy atom. The number of phenols is 2. The van der Waals surface area contributed by atoms with Gasteiger partial charge in [0.25, 0.3) is 0 Å². The third-order valence-electron chi connectivity index (χ3n) is 8.41. The van der Waals surface area contributed by atoms with Gasteiger partial charge in [-0.25, -0.2) is 0 Å². The predicted molar refractivity (Wildman–Crippen MR) is 94.2 cm³/mol. The molecule has 1 heterocycles. The van der Waals surface area contributed by atoms with Crippen molar-refractivity contribution < 1.29 is 20.1 Å². The minimum Gasteiger partial charge on any atom is -0.504 e. The molecule has 4 fully saturated rings. The maximum atomic E-state index is 12.5. The lowest BCUT2D eigenvalue weighted by atomic mass is 9.57. The van der Waals surface area contributed by atoms with Crippen LogP contribution in [0.5, 0.6) is 11.5 Å². The van der Waals surface area contributed by atoms with Gasteiger partial charge in [0.2, 0.25) is 0 Å². The molecule has 5 nitrogen and oxygen atoms in total. The second-order valence-corrected chi connectivity index (χ2v) is 9.52.